The fraction of sp³-hybridized carbons (Fsp3) is 0.0476. The van der Waals surface area contributed by atoms with E-state index in [9.17, 15) is 0 Å². The van der Waals surface area contributed by atoms with Crippen molar-refractivity contribution in [2.24, 2.45) is 0 Å². The molecule has 0 spiro atoms. The molecule has 0 fully saturated rings. The van der Waals surface area contributed by atoms with Gasteiger partial charge in [0, 0.05) is 59.1 Å². The number of thiophene rings is 2. The molecule has 20 aromatic carbocycles. The maximum Gasteiger partial charge on any atom is 0.0713 e. The van der Waals surface area contributed by atoms with E-state index in [4.69, 9.17) is 0 Å². The molecule has 0 unspecified atom stereocenters. The lowest BCUT2D eigenvalue weighted by Crippen LogP contribution is -2.30. The van der Waals surface area contributed by atoms with E-state index in [-0.39, 0.29) is 5.41 Å². The van der Waals surface area contributed by atoms with Crippen molar-refractivity contribution in [3.63, 3.8) is 0 Å². The van der Waals surface area contributed by atoms with Gasteiger partial charge >= 0.3 is 0 Å². The topological polar surface area (TPSA) is 6.48 Å². The minimum absolute atomic E-state index is 0.166. The molecule has 0 saturated carbocycles. The van der Waals surface area contributed by atoms with Crippen LogP contribution in [0.1, 0.15) is 91.7 Å². The molecule has 0 radical (unpaired) electrons. The largest absolute Gasteiger partial charge is 0.309 e. The first-order valence-corrected chi connectivity index (χ1v) is 46.8. The molecule has 612 valence electrons. The Hall–Kier alpha value is -15.6. The fourth-order valence-corrected chi connectivity index (χ4v) is 25.4. The van der Waals surface area contributed by atoms with Crippen molar-refractivity contribution in [3.05, 3.63) is 563 Å². The lowest BCUT2D eigenvalue weighted by molar-refractivity contribution is 0.659. The van der Waals surface area contributed by atoms with Crippen LogP contribution in [0.25, 0.3) is 107 Å². The van der Waals surface area contributed by atoms with Crippen molar-refractivity contribution in [2.75, 3.05) is 9.80 Å². The Bertz CT molecular complexity index is 8040. The lowest BCUT2D eigenvalue weighted by atomic mass is 9.65. The molecule has 2 nitrogen and oxygen atoms in total. The van der Waals surface area contributed by atoms with Gasteiger partial charge in [-0.25, -0.2) is 0 Å². The number of fused-ring (bicyclic) bond motifs is 18. The Morgan fingerprint density at radius 2 is 0.438 bits per heavy atom. The molecule has 0 bridgehead atoms. The number of benzene rings is 20. The highest BCUT2D eigenvalue weighted by Gasteiger charge is 2.52. The molecule has 0 saturated heterocycles. The van der Waals surface area contributed by atoms with Crippen LogP contribution in [-0.2, 0) is 21.7 Å². The van der Waals surface area contributed by atoms with Gasteiger partial charge < -0.3 is 9.80 Å². The third-order valence-corrected chi connectivity index (χ3v) is 31.0. The summed E-state index contributed by atoms with van der Waals surface area (Å²) >= 11 is 3.76. The highest BCUT2D eigenvalue weighted by atomic mass is 32.1. The second-order valence-corrected chi connectivity index (χ2v) is 37.6. The van der Waals surface area contributed by atoms with Crippen LogP contribution >= 0.6 is 22.7 Å². The number of hydrogen-bond donors (Lipinski definition) is 0. The van der Waals surface area contributed by atoms with Crippen molar-refractivity contribution >= 4 is 97.1 Å². The zero-order valence-corrected chi connectivity index (χ0v) is 73.5. The van der Waals surface area contributed by atoms with E-state index in [1.807, 2.05) is 22.7 Å². The van der Waals surface area contributed by atoms with Crippen molar-refractivity contribution in [1.29, 1.82) is 0 Å². The Morgan fingerprint density at radius 3 is 0.823 bits per heavy atom. The maximum atomic E-state index is 2.56. The number of anilines is 6. The summed E-state index contributed by atoms with van der Waals surface area (Å²) in [6.45, 7) is 4.78. The molecule has 0 atom stereocenters. The molecule has 26 rings (SSSR count). The quantitative estimate of drug-likeness (QED) is 0.107. The summed E-state index contributed by atoms with van der Waals surface area (Å²) < 4.78 is 5.15. The normalized spacial score (nSPS) is 13.9. The second kappa shape index (κ2) is 30.6. The summed E-state index contributed by atoms with van der Waals surface area (Å²) in [6.07, 6.45) is 0. The summed E-state index contributed by atoms with van der Waals surface area (Å²) in [4.78, 5) is 4.98. The Labute approximate surface area is 766 Å². The van der Waals surface area contributed by atoms with Gasteiger partial charge in [-0.2, -0.15) is 0 Å². The molecule has 4 heteroatoms. The van der Waals surface area contributed by atoms with E-state index in [0.717, 1.165) is 28.4 Å². The van der Waals surface area contributed by atoms with Crippen molar-refractivity contribution in [2.45, 2.75) is 35.5 Å². The van der Waals surface area contributed by atoms with Crippen molar-refractivity contribution in [1.82, 2.24) is 0 Å². The standard InChI is InChI=1S/C68H45NS.C58H41NS/c1-5-20-46(21-6-1)47-36-39-52(40-37-47)69(64-34-19-31-57-56-30-15-18-35-65(56)70-66(57)64)53-41-43-63-59(45-53)58-44-51(38-42-62(58)67(63,48-22-7-2-8-23-48)49-24-9-3-10-25-49)68(50-26-11-4-12-27-50)60-32-16-13-28-54(60)55-29-14-17-33-61(55)68;1-57(2)50-34-30-41(58(40-18-7-4-8-19-40)52-24-12-9-20-44(52)45-21-10-13-25-53(45)58)36-48(50)49-37-43(33-35-51(49)57)59(42-31-28-39(29-32-42)38-16-5-3-6-17-38)54-26-15-23-47-46-22-11-14-27-55(46)60-56(47)54/h1-45H;3-37H,1-2H3. The minimum Gasteiger partial charge on any atom is -0.309 e. The molecular formula is C126H86N2S2. The average molecular weight is 1690 g/mol. The predicted molar refractivity (Wildman–Crippen MR) is 548 cm³/mol. The highest BCUT2D eigenvalue weighted by Crippen LogP contribution is 2.64. The first-order valence-electron chi connectivity index (χ1n) is 45.2. The smallest absolute Gasteiger partial charge is 0.0713 e. The van der Waals surface area contributed by atoms with E-state index in [0.29, 0.717) is 0 Å². The molecule has 2 heterocycles. The van der Waals surface area contributed by atoms with E-state index in [1.165, 1.54) is 191 Å². The van der Waals surface area contributed by atoms with Crippen LogP contribution in [0, 0.1) is 0 Å². The van der Waals surface area contributed by atoms with Crippen molar-refractivity contribution in [3.8, 4) is 66.8 Å². The molecule has 2 aromatic heterocycles. The maximum absolute atomic E-state index is 2.56. The Balaban J connectivity index is 0.000000142. The van der Waals surface area contributed by atoms with Gasteiger partial charge in [-0.1, -0.05) is 414 Å². The van der Waals surface area contributed by atoms with Crippen LogP contribution in [0.4, 0.5) is 34.1 Å². The first-order chi connectivity index (χ1) is 64.2. The van der Waals surface area contributed by atoms with E-state index in [1.54, 1.807) is 0 Å². The lowest BCUT2D eigenvalue weighted by Gasteiger charge is -2.36. The molecule has 4 aliphatic carbocycles. The molecule has 130 heavy (non-hydrogen) atoms. The van der Waals surface area contributed by atoms with Crippen LogP contribution in [-0.4, -0.2) is 0 Å². The fourth-order valence-electron chi connectivity index (χ4n) is 23.0. The van der Waals surface area contributed by atoms with Gasteiger partial charge in [-0.05, 0) is 230 Å². The summed E-state index contributed by atoms with van der Waals surface area (Å²) in [5.41, 5.74) is 38.4. The second-order valence-electron chi connectivity index (χ2n) is 35.5. The predicted octanol–water partition coefficient (Wildman–Crippen LogP) is 33.8. The molecule has 0 N–H and O–H groups in total. The molecule has 4 aliphatic rings. The molecule has 22 aromatic rings. The van der Waals surface area contributed by atoms with E-state index < -0.39 is 16.2 Å². The van der Waals surface area contributed by atoms with Gasteiger partial charge in [0.05, 0.1) is 37.0 Å². The highest BCUT2D eigenvalue weighted by molar-refractivity contribution is 7.26. The van der Waals surface area contributed by atoms with Gasteiger partial charge in [0.15, 0.2) is 0 Å². The molecular weight excluding hydrogens is 1610 g/mol. The third kappa shape index (κ3) is 11.6. The zero-order chi connectivity index (χ0) is 86.2. The number of hydrogen-bond acceptors (Lipinski definition) is 4. The van der Waals surface area contributed by atoms with Gasteiger partial charge in [-0.15, -0.1) is 22.7 Å². The van der Waals surface area contributed by atoms with Gasteiger partial charge in [0.1, 0.15) is 0 Å². The van der Waals surface area contributed by atoms with Gasteiger partial charge in [-0.3, -0.25) is 0 Å². The number of rotatable bonds is 14. The average Bonchev–Trinajstić information content (AvgIpc) is 1.52. The summed E-state index contributed by atoms with van der Waals surface area (Å²) in [6, 6.07) is 181. The SMILES string of the molecule is CC1(C)c2ccc(N(c3ccc(-c4ccccc4)cc3)c3cccc4c3sc3ccccc34)cc2-c2cc(C3(c4ccccc4)c4ccccc4-c4ccccc43)ccc21.c1ccc(-c2ccc(N(c3ccc4c(c3)-c3cc(C5(c6ccccc6)c6ccccc6-c6ccccc65)ccc3C4(c3ccccc3)c3ccccc3)c3cccc4c3sc3ccccc34)cc2)cc1. The Morgan fingerprint density at radius 1 is 0.177 bits per heavy atom. The number of nitrogens with zero attached hydrogens (tertiary/aromatic N) is 2. The van der Waals surface area contributed by atoms with Crippen LogP contribution in [0.5, 0.6) is 0 Å². The van der Waals surface area contributed by atoms with Gasteiger partial charge in [0.2, 0.25) is 0 Å². The van der Waals surface area contributed by atoms with E-state index >= 15 is 0 Å². The summed E-state index contributed by atoms with van der Waals surface area (Å²) in [5, 5.41) is 5.16. The zero-order valence-electron chi connectivity index (χ0n) is 71.9. The van der Waals surface area contributed by atoms with E-state index in [2.05, 4.69) is 509 Å². The monoisotopic (exact) mass is 1690 g/mol. The minimum atomic E-state index is -0.580. The first kappa shape index (κ1) is 76.8. The van der Waals surface area contributed by atoms with Crippen LogP contribution in [0.3, 0.4) is 0 Å². The molecule has 0 aliphatic heterocycles. The summed E-state index contributed by atoms with van der Waals surface area (Å²) in [7, 11) is 0. The Kier molecular flexibility index (Phi) is 18.1. The van der Waals surface area contributed by atoms with Crippen molar-refractivity contribution < 1.29 is 0 Å². The van der Waals surface area contributed by atoms with Crippen LogP contribution in [0.2, 0.25) is 0 Å². The van der Waals surface area contributed by atoms with Crippen LogP contribution < -0.4 is 9.80 Å². The van der Waals surface area contributed by atoms with Crippen LogP contribution in [0.15, 0.2) is 485 Å². The molecule has 0 amide bonds. The summed E-state index contributed by atoms with van der Waals surface area (Å²) in [5.74, 6) is 0. The van der Waals surface area contributed by atoms with Gasteiger partial charge in [0.25, 0.3) is 0 Å². The third-order valence-electron chi connectivity index (χ3n) is 28.6.